The molecule has 1 aliphatic rings. The summed E-state index contributed by atoms with van der Waals surface area (Å²) in [6.07, 6.45) is -0.0182. The van der Waals surface area contributed by atoms with Gasteiger partial charge in [-0.2, -0.15) is 0 Å². The van der Waals surface area contributed by atoms with Gasteiger partial charge in [-0.1, -0.05) is 28.1 Å². The van der Waals surface area contributed by atoms with Crippen molar-refractivity contribution in [3.05, 3.63) is 28.2 Å². The van der Waals surface area contributed by atoms with Crippen molar-refractivity contribution in [3.63, 3.8) is 0 Å². The molecule has 4 nitrogen and oxygen atoms in total. The van der Waals surface area contributed by atoms with E-state index in [1.807, 2.05) is 0 Å². The minimum Gasteiger partial charge on any atom is -0.478 e. The van der Waals surface area contributed by atoms with Crippen LogP contribution in [0.1, 0.15) is 12.0 Å². The third-order valence-electron chi connectivity index (χ3n) is 2.36. The lowest BCUT2D eigenvalue weighted by atomic mass is 10.2. The molecule has 1 saturated heterocycles. The molecule has 1 atom stereocenters. The fourth-order valence-corrected chi connectivity index (χ4v) is 2.06. The average Bonchev–Trinajstić information content (AvgIpc) is 2.67. The molecule has 0 aliphatic carbocycles. The van der Waals surface area contributed by atoms with E-state index in [9.17, 15) is 4.79 Å². The van der Waals surface area contributed by atoms with Crippen molar-refractivity contribution < 1.29 is 14.3 Å². The van der Waals surface area contributed by atoms with Crippen LogP contribution < -0.4 is 10.5 Å². The zero-order valence-corrected chi connectivity index (χ0v) is 11.2. The van der Waals surface area contributed by atoms with Crippen LogP contribution in [0, 0.1) is 0 Å². The molecular weight excluding hydrogens is 306 g/mol. The second-order valence-corrected chi connectivity index (χ2v) is 4.92. The first-order valence-corrected chi connectivity index (χ1v) is 6.20. The molecule has 90 valence electrons. The third-order valence-corrected chi connectivity index (χ3v) is 3.08. The summed E-state index contributed by atoms with van der Waals surface area (Å²) < 4.78 is 11.2. The van der Waals surface area contributed by atoms with Gasteiger partial charge in [0.25, 0.3) is 0 Å². The van der Waals surface area contributed by atoms with Gasteiger partial charge in [-0.15, -0.1) is 0 Å². The predicted molar refractivity (Wildman–Crippen MR) is 70.0 cm³/mol. The summed E-state index contributed by atoms with van der Waals surface area (Å²) in [6, 6.07) is 5.29. The quantitative estimate of drug-likeness (QED) is 0.680. The molecule has 1 aromatic rings. The number of benzene rings is 1. The number of ether oxygens (including phenoxy) is 2. The minimum atomic E-state index is -0.565. The van der Waals surface area contributed by atoms with Crippen LogP contribution in [-0.2, 0) is 9.53 Å². The molecule has 0 bridgehead atoms. The van der Waals surface area contributed by atoms with Gasteiger partial charge in [0, 0.05) is 10.9 Å². The van der Waals surface area contributed by atoms with Crippen LogP contribution in [0.3, 0.4) is 0 Å². The molecule has 0 spiro atoms. The molecule has 1 heterocycles. The Morgan fingerprint density at radius 2 is 2.35 bits per heavy atom. The van der Waals surface area contributed by atoms with Gasteiger partial charge in [0.05, 0.1) is 12.2 Å². The molecule has 1 aromatic carbocycles. The largest absolute Gasteiger partial charge is 0.478 e. The van der Waals surface area contributed by atoms with Crippen molar-refractivity contribution in [2.24, 2.45) is 5.73 Å². The van der Waals surface area contributed by atoms with Crippen molar-refractivity contribution in [2.45, 2.75) is 12.5 Å². The number of esters is 1. The molecule has 2 rings (SSSR count). The number of hydrogen-bond acceptors (Lipinski definition) is 4. The molecule has 1 aliphatic heterocycles. The number of rotatable bonds is 3. The van der Waals surface area contributed by atoms with Crippen LogP contribution in [0.4, 0.5) is 0 Å². The van der Waals surface area contributed by atoms with Gasteiger partial charge < -0.3 is 15.2 Å². The normalized spacial score (nSPS) is 18.9. The second-order valence-electron chi connectivity index (χ2n) is 3.57. The summed E-state index contributed by atoms with van der Waals surface area (Å²) in [7, 11) is 0. The Morgan fingerprint density at radius 3 is 2.94 bits per heavy atom. The highest BCUT2D eigenvalue weighted by Gasteiger charge is 2.29. The summed E-state index contributed by atoms with van der Waals surface area (Å²) >= 11 is 8.27. The highest BCUT2D eigenvalue weighted by Crippen LogP contribution is 2.26. The first-order chi connectivity index (χ1) is 8.08. The maximum atomic E-state index is 11.3. The van der Waals surface area contributed by atoms with Crippen molar-refractivity contribution >= 4 is 39.1 Å². The monoisotopic (exact) mass is 315 g/mol. The summed E-state index contributed by atoms with van der Waals surface area (Å²) in [5, 5.41) is 0. The van der Waals surface area contributed by atoms with Gasteiger partial charge in [0.1, 0.15) is 10.7 Å². The van der Waals surface area contributed by atoms with E-state index >= 15 is 0 Å². The molecule has 2 N–H and O–H groups in total. The highest BCUT2D eigenvalue weighted by molar-refractivity contribution is 9.10. The topological polar surface area (TPSA) is 61.6 Å². The lowest BCUT2D eigenvalue weighted by Gasteiger charge is -2.13. The van der Waals surface area contributed by atoms with Crippen molar-refractivity contribution in [3.8, 4) is 5.75 Å². The van der Waals surface area contributed by atoms with Gasteiger partial charge in [-0.05, 0) is 18.2 Å². The lowest BCUT2D eigenvalue weighted by molar-refractivity contribution is -0.143. The Kier molecular flexibility index (Phi) is 3.63. The van der Waals surface area contributed by atoms with Crippen LogP contribution in [0.5, 0.6) is 5.75 Å². The standard InChI is InChI=1S/C11H10BrNO3S/c12-6-1-2-8(7(5-6)10(13)17)16-9-3-4-15-11(9)14/h1-2,5,9H,3-4H2,(H2,13,17). The number of carbonyl (C=O) groups is 1. The number of thiocarbonyl (C=S) groups is 1. The van der Waals surface area contributed by atoms with Gasteiger partial charge in [0.15, 0.2) is 6.10 Å². The van der Waals surface area contributed by atoms with Gasteiger partial charge in [-0.25, -0.2) is 4.79 Å². The smallest absolute Gasteiger partial charge is 0.347 e. The molecule has 1 unspecified atom stereocenters. The van der Waals surface area contributed by atoms with E-state index in [0.29, 0.717) is 24.3 Å². The van der Waals surface area contributed by atoms with Crippen LogP contribution in [0.25, 0.3) is 0 Å². The number of cyclic esters (lactones) is 1. The van der Waals surface area contributed by atoms with E-state index in [-0.39, 0.29) is 11.0 Å². The molecule has 0 aromatic heterocycles. The van der Waals surface area contributed by atoms with Gasteiger partial charge in [-0.3, -0.25) is 0 Å². The number of hydrogen-bond donors (Lipinski definition) is 1. The molecule has 0 saturated carbocycles. The minimum absolute atomic E-state index is 0.229. The first kappa shape index (κ1) is 12.3. The Bertz CT molecular complexity index is 478. The Balaban J connectivity index is 2.25. The maximum absolute atomic E-state index is 11.3. The zero-order chi connectivity index (χ0) is 12.4. The molecule has 0 amide bonds. The fourth-order valence-electron chi connectivity index (χ4n) is 1.54. The molecule has 1 fully saturated rings. The van der Waals surface area contributed by atoms with E-state index in [1.54, 1.807) is 18.2 Å². The number of carbonyl (C=O) groups excluding carboxylic acids is 1. The summed E-state index contributed by atoms with van der Waals surface area (Å²) in [5.74, 6) is 0.159. The second kappa shape index (κ2) is 5.01. The van der Waals surface area contributed by atoms with E-state index in [0.717, 1.165) is 4.47 Å². The van der Waals surface area contributed by atoms with E-state index < -0.39 is 6.10 Å². The zero-order valence-electron chi connectivity index (χ0n) is 8.81. The molecular formula is C11H10BrNO3S. The fraction of sp³-hybridized carbons (Fsp3) is 0.273. The first-order valence-electron chi connectivity index (χ1n) is 5.00. The van der Waals surface area contributed by atoms with E-state index in [2.05, 4.69) is 15.9 Å². The lowest BCUT2D eigenvalue weighted by Crippen LogP contribution is -2.23. The Labute approximate surface area is 112 Å². The summed E-state index contributed by atoms with van der Waals surface area (Å²) in [4.78, 5) is 11.5. The van der Waals surface area contributed by atoms with Crippen molar-refractivity contribution in [1.29, 1.82) is 0 Å². The Morgan fingerprint density at radius 1 is 1.59 bits per heavy atom. The molecule has 6 heteroatoms. The summed E-state index contributed by atoms with van der Waals surface area (Å²) in [5.41, 5.74) is 6.21. The van der Waals surface area contributed by atoms with Crippen LogP contribution in [-0.4, -0.2) is 23.7 Å². The maximum Gasteiger partial charge on any atom is 0.347 e. The molecule has 17 heavy (non-hydrogen) atoms. The van der Waals surface area contributed by atoms with Crippen molar-refractivity contribution in [2.75, 3.05) is 6.61 Å². The van der Waals surface area contributed by atoms with Gasteiger partial charge >= 0.3 is 5.97 Å². The van der Waals surface area contributed by atoms with E-state index in [4.69, 9.17) is 27.4 Å². The van der Waals surface area contributed by atoms with E-state index in [1.165, 1.54) is 0 Å². The van der Waals surface area contributed by atoms with Gasteiger partial charge in [0.2, 0.25) is 0 Å². The Hall–Kier alpha value is -1.14. The summed E-state index contributed by atoms with van der Waals surface area (Å²) in [6.45, 7) is 0.391. The van der Waals surface area contributed by atoms with Crippen molar-refractivity contribution in [1.82, 2.24) is 0 Å². The third kappa shape index (κ3) is 2.76. The highest BCUT2D eigenvalue weighted by atomic mass is 79.9. The predicted octanol–water partition coefficient (Wildman–Crippen LogP) is 1.78. The average molecular weight is 316 g/mol. The van der Waals surface area contributed by atoms with Crippen LogP contribution in [0.15, 0.2) is 22.7 Å². The van der Waals surface area contributed by atoms with Crippen LogP contribution >= 0.6 is 28.1 Å². The molecule has 0 radical (unpaired) electrons. The number of halogens is 1. The SMILES string of the molecule is NC(=S)c1cc(Br)ccc1OC1CCOC1=O. The number of nitrogens with two attached hydrogens (primary N) is 1. The van der Waals surface area contributed by atoms with Crippen LogP contribution in [0.2, 0.25) is 0 Å².